The number of unbranched alkanes of at least 4 members (excludes halogenated alkanes) is 3. The lowest BCUT2D eigenvalue weighted by Crippen LogP contribution is -2.25. The van der Waals surface area contributed by atoms with Crippen molar-refractivity contribution >= 4 is 19.9 Å². The maximum atomic E-state index is 11.9. The molecule has 0 aliphatic carbocycles. The van der Waals surface area contributed by atoms with E-state index in [0.29, 0.717) is 38.2 Å². The van der Waals surface area contributed by atoms with Crippen LogP contribution >= 0.6 is 7.82 Å². The fourth-order valence-corrected chi connectivity index (χ4v) is 3.88. The second kappa shape index (κ2) is 16.6. The van der Waals surface area contributed by atoms with Crippen LogP contribution in [0, 0.1) is 13.8 Å². The number of aryl methyl sites for hydroxylation is 2. The van der Waals surface area contributed by atoms with Gasteiger partial charge in [-0.25, -0.2) is 9.59 Å². The number of hydrogen-bond donors (Lipinski definition) is 2. The number of phosphoric acid groups is 1. The van der Waals surface area contributed by atoms with Gasteiger partial charge >= 0.3 is 12.1 Å². The van der Waals surface area contributed by atoms with Gasteiger partial charge in [-0.2, -0.15) is 0 Å². The Morgan fingerprint density at radius 2 is 1.77 bits per heavy atom. The molecule has 0 heterocycles. The number of carbonyl (C=O) groups is 2. The second-order valence-electron chi connectivity index (χ2n) is 7.99. The minimum absolute atomic E-state index is 0.0353. The SMILES string of the molecule is CCCOCC(=O)Oc1c(C)cc(COC(=O)NCCCCCCOP(=O)([O-])OC(C)O)cc1C. The molecule has 1 aromatic rings. The van der Waals surface area contributed by atoms with Gasteiger partial charge in [0.1, 0.15) is 19.0 Å². The van der Waals surface area contributed by atoms with Crippen LogP contribution in [-0.4, -0.2) is 49.8 Å². The van der Waals surface area contributed by atoms with Crippen LogP contribution in [0.2, 0.25) is 0 Å². The third-order valence-corrected chi connectivity index (χ3v) is 5.61. The Labute approximate surface area is 206 Å². The summed E-state index contributed by atoms with van der Waals surface area (Å²) in [5.74, 6) is 0.0125. The lowest BCUT2D eigenvalue weighted by atomic mass is 10.1. The Kier molecular flexibility index (Phi) is 14.7. The fraction of sp³-hybridized carbons (Fsp3) is 0.652. The van der Waals surface area contributed by atoms with Gasteiger partial charge in [0, 0.05) is 13.2 Å². The zero-order chi connectivity index (χ0) is 26.3. The summed E-state index contributed by atoms with van der Waals surface area (Å²) in [6, 6.07) is 3.59. The van der Waals surface area contributed by atoms with Gasteiger partial charge in [0.05, 0.1) is 6.61 Å². The summed E-state index contributed by atoms with van der Waals surface area (Å²) in [6.07, 6.45) is 1.47. The van der Waals surface area contributed by atoms with E-state index >= 15 is 0 Å². The van der Waals surface area contributed by atoms with Crippen LogP contribution in [0.4, 0.5) is 4.79 Å². The van der Waals surface area contributed by atoms with E-state index in [0.717, 1.165) is 29.5 Å². The second-order valence-corrected chi connectivity index (χ2v) is 9.35. The first kappa shape index (κ1) is 31.0. The van der Waals surface area contributed by atoms with Crippen molar-refractivity contribution in [3.05, 3.63) is 28.8 Å². The van der Waals surface area contributed by atoms with Crippen molar-refractivity contribution in [2.75, 3.05) is 26.4 Å². The van der Waals surface area contributed by atoms with Crippen molar-refractivity contribution < 1.29 is 47.4 Å². The molecule has 0 spiro atoms. The number of carbonyl (C=O) groups excluding carboxylic acids is 2. The number of alkyl carbamates (subject to hydrolysis) is 1. The van der Waals surface area contributed by atoms with Crippen LogP contribution in [0.1, 0.15) is 62.6 Å². The Morgan fingerprint density at radius 1 is 1.11 bits per heavy atom. The molecule has 11 nitrogen and oxygen atoms in total. The molecule has 0 saturated carbocycles. The number of esters is 1. The zero-order valence-electron chi connectivity index (χ0n) is 20.9. The van der Waals surface area contributed by atoms with Crippen molar-refractivity contribution in [2.24, 2.45) is 0 Å². The molecule has 1 amide bonds. The van der Waals surface area contributed by atoms with Gasteiger partial charge < -0.3 is 34.1 Å². The summed E-state index contributed by atoms with van der Waals surface area (Å²) in [5, 5.41) is 11.6. The van der Waals surface area contributed by atoms with Gasteiger partial charge in [-0.05, 0) is 68.9 Å². The molecule has 1 rings (SSSR count). The van der Waals surface area contributed by atoms with Gasteiger partial charge in [-0.3, -0.25) is 9.09 Å². The average molecular weight is 519 g/mol. The third-order valence-electron chi connectivity index (χ3n) is 4.55. The van der Waals surface area contributed by atoms with E-state index in [2.05, 4.69) is 14.4 Å². The smallest absolute Gasteiger partial charge is 0.407 e. The van der Waals surface area contributed by atoms with E-state index in [1.165, 1.54) is 6.92 Å². The molecule has 0 aromatic heterocycles. The first-order valence-electron chi connectivity index (χ1n) is 11.6. The maximum absolute atomic E-state index is 11.9. The Balaban J connectivity index is 2.25. The normalized spacial score (nSPS) is 13.7. The van der Waals surface area contributed by atoms with Crippen LogP contribution in [-0.2, 0) is 34.5 Å². The number of amides is 1. The molecule has 0 fully saturated rings. The predicted octanol–water partition coefficient (Wildman–Crippen LogP) is 3.26. The van der Waals surface area contributed by atoms with Crippen LogP contribution in [0.15, 0.2) is 12.1 Å². The number of benzene rings is 1. The van der Waals surface area contributed by atoms with Crippen molar-refractivity contribution in [1.29, 1.82) is 0 Å². The van der Waals surface area contributed by atoms with E-state index in [1.807, 2.05) is 20.8 Å². The lowest BCUT2D eigenvalue weighted by molar-refractivity contribution is -0.238. The minimum Gasteiger partial charge on any atom is -0.756 e. The van der Waals surface area contributed by atoms with Gasteiger partial charge in [-0.15, -0.1) is 0 Å². The highest BCUT2D eigenvalue weighted by Gasteiger charge is 2.13. The average Bonchev–Trinajstić information content (AvgIpc) is 2.76. The molecule has 0 aliphatic heterocycles. The largest absolute Gasteiger partial charge is 0.756 e. The minimum atomic E-state index is -4.48. The lowest BCUT2D eigenvalue weighted by Gasteiger charge is -2.23. The summed E-state index contributed by atoms with van der Waals surface area (Å²) < 4.78 is 36.0. The zero-order valence-corrected chi connectivity index (χ0v) is 21.8. The fourth-order valence-electron chi connectivity index (χ4n) is 3.09. The third kappa shape index (κ3) is 14.2. The van der Waals surface area contributed by atoms with E-state index in [-0.39, 0.29) is 19.8 Å². The number of ether oxygens (including phenoxy) is 3. The summed E-state index contributed by atoms with van der Waals surface area (Å²) in [4.78, 5) is 35.1. The highest BCUT2D eigenvalue weighted by atomic mass is 31.2. The first-order chi connectivity index (χ1) is 16.5. The first-order valence-corrected chi connectivity index (χ1v) is 13.1. The Hall–Kier alpha value is -2.01. The monoisotopic (exact) mass is 518 g/mol. The van der Waals surface area contributed by atoms with E-state index in [9.17, 15) is 19.0 Å². The molecular weight excluding hydrogens is 481 g/mol. The quantitative estimate of drug-likeness (QED) is 0.103. The van der Waals surface area contributed by atoms with Crippen LogP contribution in [0.3, 0.4) is 0 Å². The van der Waals surface area contributed by atoms with E-state index in [4.69, 9.17) is 19.3 Å². The van der Waals surface area contributed by atoms with E-state index in [1.54, 1.807) is 12.1 Å². The van der Waals surface area contributed by atoms with Gasteiger partial charge in [-0.1, -0.05) is 19.8 Å². The van der Waals surface area contributed by atoms with Crippen LogP contribution in [0.5, 0.6) is 5.75 Å². The van der Waals surface area contributed by atoms with Crippen LogP contribution < -0.4 is 14.9 Å². The summed E-state index contributed by atoms with van der Waals surface area (Å²) in [7, 11) is -4.48. The maximum Gasteiger partial charge on any atom is 0.407 e. The molecule has 2 N–H and O–H groups in total. The molecule has 12 heteroatoms. The highest BCUT2D eigenvalue weighted by Crippen LogP contribution is 2.39. The topological polar surface area (TPSA) is 153 Å². The van der Waals surface area contributed by atoms with E-state index < -0.39 is 26.2 Å². The predicted molar refractivity (Wildman–Crippen MR) is 126 cm³/mol. The molecule has 2 unspecified atom stereocenters. The molecule has 1 aromatic carbocycles. The van der Waals surface area contributed by atoms with Crippen molar-refractivity contribution in [3.63, 3.8) is 0 Å². The standard InChI is InChI=1S/C23H38NO10P/c1-5-11-30-16-21(26)33-22-17(2)13-20(14-18(22)3)15-31-23(27)24-10-8-6-7-9-12-32-35(28,29)34-19(4)25/h13-14,19,25H,5-12,15-16H2,1-4H3,(H,24,27)(H,28,29)/p-1. The summed E-state index contributed by atoms with van der Waals surface area (Å²) in [6.45, 7) is 7.60. The summed E-state index contributed by atoms with van der Waals surface area (Å²) in [5.41, 5.74) is 2.28. The number of nitrogens with one attached hydrogen (secondary N) is 1. The molecule has 0 radical (unpaired) electrons. The molecule has 0 aliphatic rings. The van der Waals surface area contributed by atoms with Crippen molar-refractivity contribution in [2.45, 2.75) is 72.7 Å². The summed E-state index contributed by atoms with van der Waals surface area (Å²) >= 11 is 0. The Morgan fingerprint density at radius 3 is 2.40 bits per heavy atom. The number of aliphatic hydroxyl groups is 1. The number of hydrogen-bond acceptors (Lipinski definition) is 10. The van der Waals surface area contributed by atoms with Gasteiger partial charge in [0.15, 0.2) is 6.29 Å². The van der Waals surface area contributed by atoms with Gasteiger partial charge in [0.25, 0.3) is 7.82 Å². The Bertz CT molecular complexity index is 823. The van der Waals surface area contributed by atoms with Gasteiger partial charge in [0.2, 0.25) is 0 Å². The van der Waals surface area contributed by atoms with Crippen LogP contribution in [0.25, 0.3) is 0 Å². The molecular formula is C23H37NO10P-. The number of phosphoric ester groups is 1. The molecule has 0 bridgehead atoms. The van der Waals surface area contributed by atoms with Crippen molar-refractivity contribution in [3.8, 4) is 5.75 Å². The number of aliphatic hydroxyl groups excluding tert-OH is 1. The molecule has 2 atom stereocenters. The molecule has 200 valence electrons. The molecule has 35 heavy (non-hydrogen) atoms. The molecule has 0 saturated heterocycles. The van der Waals surface area contributed by atoms with Crippen molar-refractivity contribution in [1.82, 2.24) is 5.32 Å². The number of rotatable bonds is 17. The highest BCUT2D eigenvalue weighted by molar-refractivity contribution is 7.45.